The van der Waals surface area contributed by atoms with Crippen LogP contribution in [0.3, 0.4) is 0 Å². The summed E-state index contributed by atoms with van der Waals surface area (Å²) in [5.41, 5.74) is 0.869. The number of rotatable bonds is 1. The third-order valence-corrected chi connectivity index (χ3v) is 3.02. The molecule has 0 spiro atoms. The Morgan fingerprint density at radius 2 is 2.20 bits per heavy atom. The molecule has 1 aromatic rings. The fourth-order valence-electron chi connectivity index (χ4n) is 2.30. The molecule has 2 rings (SSSR count). The Balaban J connectivity index is 2.24. The molecule has 0 aromatic carbocycles. The van der Waals surface area contributed by atoms with Gasteiger partial charge in [-0.15, -0.1) is 0 Å². The number of morpholine rings is 1. The molecule has 1 aliphatic heterocycles. The monoisotopic (exact) mass is 274 g/mol. The largest absolute Gasteiger partial charge is 0.384 e. The van der Waals surface area contributed by atoms with E-state index in [1.807, 2.05) is 13.8 Å². The highest BCUT2D eigenvalue weighted by atomic mass is 16.5. The molecule has 2 unspecified atom stereocenters. The zero-order chi connectivity index (χ0) is 14.5. The highest BCUT2D eigenvalue weighted by Gasteiger charge is 2.28. The maximum absolute atomic E-state index is 12.6. The highest BCUT2D eigenvalue weighted by molar-refractivity contribution is 5.94. The summed E-state index contributed by atoms with van der Waals surface area (Å²) in [6.07, 6.45) is 1.60. The topological polar surface area (TPSA) is 62.7 Å². The van der Waals surface area contributed by atoms with Crippen molar-refractivity contribution in [2.24, 2.45) is 0 Å². The number of aliphatic hydroxyl groups is 1. The number of carbonyl (C=O) groups excluding carboxylic acids is 1. The molecule has 0 radical (unpaired) electrons. The van der Waals surface area contributed by atoms with Crippen molar-refractivity contribution in [3.63, 3.8) is 0 Å². The van der Waals surface area contributed by atoms with Crippen molar-refractivity contribution >= 4 is 5.91 Å². The zero-order valence-electron chi connectivity index (χ0n) is 11.7. The molecular weight excluding hydrogens is 256 g/mol. The lowest BCUT2D eigenvalue weighted by molar-refractivity contribution is -0.0587. The molecule has 106 valence electrons. The van der Waals surface area contributed by atoms with Gasteiger partial charge >= 0.3 is 0 Å². The summed E-state index contributed by atoms with van der Waals surface area (Å²) in [4.78, 5) is 18.4. The molecule has 5 nitrogen and oxygen atoms in total. The molecule has 1 N–H and O–H groups in total. The van der Waals surface area contributed by atoms with Gasteiger partial charge in [-0.2, -0.15) is 0 Å². The summed E-state index contributed by atoms with van der Waals surface area (Å²) < 4.78 is 5.62. The minimum absolute atomic E-state index is 0.0124. The lowest BCUT2D eigenvalue weighted by Crippen LogP contribution is -2.48. The third kappa shape index (κ3) is 3.35. The Labute approximate surface area is 118 Å². The van der Waals surface area contributed by atoms with E-state index in [9.17, 15) is 4.79 Å². The number of hydrogen-bond acceptors (Lipinski definition) is 4. The molecule has 20 heavy (non-hydrogen) atoms. The van der Waals surface area contributed by atoms with Gasteiger partial charge in [-0.05, 0) is 26.0 Å². The normalized spacial score (nSPS) is 22.1. The van der Waals surface area contributed by atoms with Gasteiger partial charge in [0, 0.05) is 19.3 Å². The Morgan fingerprint density at radius 1 is 1.50 bits per heavy atom. The van der Waals surface area contributed by atoms with Crippen LogP contribution in [0.2, 0.25) is 0 Å². The number of ether oxygens (including phenoxy) is 1. The van der Waals surface area contributed by atoms with Crippen molar-refractivity contribution in [3.05, 3.63) is 29.6 Å². The average molecular weight is 274 g/mol. The second-order valence-electron chi connectivity index (χ2n) is 4.83. The number of pyridine rings is 1. The quantitative estimate of drug-likeness (QED) is 0.765. The van der Waals surface area contributed by atoms with Gasteiger partial charge in [0.25, 0.3) is 5.91 Å². The van der Waals surface area contributed by atoms with E-state index < -0.39 is 0 Å². The van der Waals surface area contributed by atoms with Crippen molar-refractivity contribution in [2.75, 3.05) is 19.7 Å². The van der Waals surface area contributed by atoms with Gasteiger partial charge < -0.3 is 14.7 Å². The Bertz CT molecular complexity index is 538. The Kier molecular flexibility index (Phi) is 4.72. The van der Waals surface area contributed by atoms with E-state index in [0.29, 0.717) is 24.3 Å². The highest BCUT2D eigenvalue weighted by Crippen LogP contribution is 2.15. The standard InChI is InChI=1S/C15H18N2O3/c1-11-9-17(10-12(2)20-11)15(19)14-13(6-4-8-18)5-3-7-16-14/h3,5,7,11-12,18H,8-10H2,1-2H3. The first kappa shape index (κ1) is 14.5. The molecule has 5 heteroatoms. The first-order valence-corrected chi connectivity index (χ1v) is 6.61. The van der Waals surface area contributed by atoms with Gasteiger partial charge in [0.2, 0.25) is 0 Å². The Hall–Kier alpha value is -1.90. The van der Waals surface area contributed by atoms with Crippen LogP contribution in [0.4, 0.5) is 0 Å². The van der Waals surface area contributed by atoms with Crippen LogP contribution in [0.5, 0.6) is 0 Å². The van der Waals surface area contributed by atoms with Gasteiger partial charge in [0.1, 0.15) is 12.3 Å². The maximum Gasteiger partial charge on any atom is 0.273 e. The van der Waals surface area contributed by atoms with E-state index in [1.54, 1.807) is 23.2 Å². The summed E-state index contributed by atoms with van der Waals surface area (Å²) in [5, 5.41) is 8.77. The number of amides is 1. The first-order chi connectivity index (χ1) is 9.61. The minimum atomic E-state index is -0.242. The molecule has 0 aliphatic carbocycles. The van der Waals surface area contributed by atoms with E-state index >= 15 is 0 Å². The van der Waals surface area contributed by atoms with E-state index in [-0.39, 0.29) is 24.7 Å². The summed E-state index contributed by atoms with van der Waals surface area (Å²) in [6, 6.07) is 3.46. The van der Waals surface area contributed by atoms with E-state index in [4.69, 9.17) is 9.84 Å². The van der Waals surface area contributed by atoms with Crippen molar-refractivity contribution in [3.8, 4) is 11.8 Å². The van der Waals surface area contributed by atoms with Gasteiger partial charge in [-0.25, -0.2) is 4.98 Å². The molecule has 2 atom stereocenters. The molecule has 1 aromatic heterocycles. The maximum atomic E-state index is 12.6. The van der Waals surface area contributed by atoms with Crippen molar-refractivity contribution < 1.29 is 14.6 Å². The summed E-state index contributed by atoms with van der Waals surface area (Å²) in [5.74, 6) is 5.17. The fourth-order valence-corrected chi connectivity index (χ4v) is 2.30. The van der Waals surface area contributed by atoms with Crippen molar-refractivity contribution in [1.29, 1.82) is 0 Å². The fraction of sp³-hybridized carbons (Fsp3) is 0.467. The molecule has 1 saturated heterocycles. The molecule has 1 aliphatic rings. The lowest BCUT2D eigenvalue weighted by atomic mass is 10.1. The number of aromatic nitrogens is 1. The summed E-state index contributed by atoms with van der Waals surface area (Å²) in [6.45, 7) is 4.75. The second-order valence-corrected chi connectivity index (χ2v) is 4.83. The molecule has 0 saturated carbocycles. The van der Waals surface area contributed by atoms with Crippen molar-refractivity contribution in [2.45, 2.75) is 26.1 Å². The van der Waals surface area contributed by atoms with Crippen LogP contribution in [0.1, 0.15) is 29.9 Å². The summed E-state index contributed by atoms with van der Waals surface area (Å²) in [7, 11) is 0. The molecule has 1 fully saturated rings. The summed E-state index contributed by atoms with van der Waals surface area (Å²) >= 11 is 0. The van der Waals surface area contributed by atoms with E-state index in [0.717, 1.165) is 0 Å². The SMILES string of the molecule is CC1CN(C(=O)c2ncccc2C#CCO)CC(C)O1. The van der Waals surface area contributed by atoms with Crippen LogP contribution in [0, 0.1) is 11.8 Å². The van der Waals surface area contributed by atoms with Crippen LogP contribution < -0.4 is 0 Å². The second kappa shape index (κ2) is 6.51. The zero-order valence-corrected chi connectivity index (χ0v) is 11.7. The number of carbonyl (C=O) groups is 1. The van der Waals surface area contributed by atoms with Crippen LogP contribution in [0.25, 0.3) is 0 Å². The number of hydrogen-bond donors (Lipinski definition) is 1. The van der Waals surface area contributed by atoms with Crippen LogP contribution >= 0.6 is 0 Å². The van der Waals surface area contributed by atoms with Crippen LogP contribution in [-0.2, 0) is 4.74 Å². The average Bonchev–Trinajstić information content (AvgIpc) is 2.43. The van der Waals surface area contributed by atoms with Crippen LogP contribution in [0.15, 0.2) is 18.3 Å². The third-order valence-electron chi connectivity index (χ3n) is 3.02. The van der Waals surface area contributed by atoms with E-state index in [1.165, 1.54) is 0 Å². The molecule has 0 bridgehead atoms. The first-order valence-electron chi connectivity index (χ1n) is 6.61. The number of aliphatic hydroxyl groups excluding tert-OH is 1. The Morgan fingerprint density at radius 3 is 2.85 bits per heavy atom. The van der Waals surface area contributed by atoms with E-state index in [2.05, 4.69) is 16.8 Å². The van der Waals surface area contributed by atoms with Gasteiger partial charge in [-0.3, -0.25) is 4.79 Å². The number of nitrogens with zero attached hydrogens (tertiary/aromatic N) is 2. The van der Waals surface area contributed by atoms with Gasteiger partial charge in [0.15, 0.2) is 0 Å². The predicted octanol–water partition coefficient (Wildman–Crippen LogP) is 0.675. The molecular formula is C15H18N2O3. The lowest BCUT2D eigenvalue weighted by Gasteiger charge is -2.35. The van der Waals surface area contributed by atoms with Crippen LogP contribution in [-0.4, -0.2) is 52.8 Å². The minimum Gasteiger partial charge on any atom is -0.384 e. The van der Waals surface area contributed by atoms with Crippen molar-refractivity contribution in [1.82, 2.24) is 9.88 Å². The van der Waals surface area contributed by atoms with Gasteiger partial charge in [0.05, 0.1) is 17.8 Å². The molecule has 1 amide bonds. The van der Waals surface area contributed by atoms with Gasteiger partial charge in [-0.1, -0.05) is 11.8 Å². The smallest absolute Gasteiger partial charge is 0.273 e. The molecule has 2 heterocycles. The predicted molar refractivity (Wildman–Crippen MR) is 74.1 cm³/mol.